The van der Waals surface area contributed by atoms with E-state index in [0.29, 0.717) is 0 Å². The third-order valence-electron chi connectivity index (χ3n) is 0.194. The van der Waals surface area contributed by atoms with E-state index in [1.165, 1.54) is 0 Å². The van der Waals surface area contributed by atoms with Crippen molar-refractivity contribution in [2.75, 3.05) is 0 Å². The molecule has 11 heteroatoms. The van der Waals surface area contributed by atoms with Crippen LogP contribution in [-0.2, 0) is 46.0 Å². The Morgan fingerprint density at radius 2 is 1.00 bits per heavy atom. The van der Waals surface area contributed by atoms with Gasteiger partial charge >= 0.3 is 16.5 Å². The molecule has 0 heterocycles. The van der Waals surface area contributed by atoms with E-state index in [1.54, 1.807) is 0 Å². The average Bonchev–Trinajstić information content (AvgIpc) is 1.57. The molecule has 0 aliphatic carbocycles. The largest absolute Gasteiger partial charge is 2.00 e. The Morgan fingerprint density at radius 3 is 1.09 bits per heavy atom. The number of rotatable bonds is 3. The van der Waals surface area contributed by atoms with E-state index >= 15 is 0 Å². The van der Waals surface area contributed by atoms with E-state index < -0.39 is 20.8 Å². The molecule has 0 saturated heterocycles. The molecular weight excluding hydrogens is 251 g/mol. The Hall–Kier alpha value is 0.234. The van der Waals surface area contributed by atoms with Gasteiger partial charge in [0.25, 0.3) is 0 Å². The van der Waals surface area contributed by atoms with E-state index in [9.17, 15) is 25.9 Å². The van der Waals surface area contributed by atoms with Crippen LogP contribution in [0.15, 0.2) is 0 Å². The maximum Gasteiger partial charge on any atom is 2.00 e. The molecule has 0 radical (unpaired) electrons. The van der Waals surface area contributed by atoms with Gasteiger partial charge in [-0.3, -0.25) is 0 Å². The van der Waals surface area contributed by atoms with Crippen LogP contribution in [0.3, 0.4) is 0 Å². The predicted octanol–water partition coefficient (Wildman–Crippen LogP) is -2.15. The van der Waals surface area contributed by atoms with Gasteiger partial charge in [0.05, 0.1) is 0 Å². The van der Waals surface area contributed by atoms with Crippen LogP contribution in [0.2, 0.25) is 0 Å². The van der Waals surface area contributed by atoms with Crippen LogP contribution in [0.25, 0.3) is 0 Å². The summed E-state index contributed by atoms with van der Waals surface area (Å²) in [5, 5.41) is 0. The second-order valence-corrected chi connectivity index (χ2v) is 2.86. The van der Waals surface area contributed by atoms with Crippen LogP contribution < -0.4 is 0 Å². The van der Waals surface area contributed by atoms with Gasteiger partial charge in [-0.05, 0) is 0 Å². The van der Waals surface area contributed by atoms with Crippen molar-refractivity contribution in [3.05, 3.63) is 0 Å². The minimum absolute atomic E-state index is 0. The Labute approximate surface area is 72.3 Å². The minimum atomic E-state index is -5.31. The molecule has 70 valence electrons. The zero-order valence-electron chi connectivity index (χ0n) is 4.40. The Kier molecular flexibility index (Phi) is 5.40. The fourth-order valence-corrected chi connectivity index (χ4v) is 0.612. The molecule has 0 N–H and O–H groups in total. The van der Waals surface area contributed by atoms with E-state index in [-0.39, 0.29) is 16.5 Å². The molecule has 0 rings (SSSR count). The molecule has 0 aromatic carbocycles. The summed E-state index contributed by atoms with van der Waals surface area (Å²) in [6, 6.07) is 0. The van der Waals surface area contributed by atoms with Gasteiger partial charge in [0, 0.05) is 0 Å². The van der Waals surface area contributed by atoms with Crippen molar-refractivity contribution >= 4 is 20.8 Å². The summed E-state index contributed by atoms with van der Waals surface area (Å²) in [6.45, 7) is 0. The van der Waals surface area contributed by atoms with Crippen molar-refractivity contribution in [1.82, 2.24) is 0 Å². The maximum atomic E-state index is 9.37. The SMILES string of the molecule is O=S(=O)([O-])OOS(=O)(=O)[O-].[Ni+2]. The van der Waals surface area contributed by atoms with Gasteiger partial charge < -0.3 is 9.11 Å². The fourth-order valence-electron chi connectivity index (χ4n) is 0.0680. The Bertz CT molecular complexity index is 248. The molecule has 8 nitrogen and oxygen atoms in total. The van der Waals surface area contributed by atoms with Gasteiger partial charge in [-0.1, -0.05) is 0 Å². The first-order valence-corrected chi connectivity index (χ1v) is 4.17. The Morgan fingerprint density at radius 1 is 0.818 bits per heavy atom. The fraction of sp³-hybridized carbons (Fsp3) is 0. The summed E-state index contributed by atoms with van der Waals surface area (Å²) in [7, 11) is -10.6. The third-order valence-corrected chi connectivity index (χ3v) is 0.750. The molecule has 0 spiro atoms. The second kappa shape index (κ2) is 4.31. The molecular formula is NiO8S2. The number of hydrogen-bond acceptors (Lipinski definition) is 8. The minimum Gasteiger partial charge on any atom is -0.724 e. The normalized spacial score (nSPS) is 12.2. The predicted molar refractivity (Wildman–Crippen MR) is 21.6 cm³/mol. The molecule has 0 aromatic rings. The molecule has 0 aliphatic rings. The summed E-state index contributed by atoms with van der Waals surface area (Å²) >= 11 is 0. The van der Waals surface area contributed by atoms with Gasteiger partial charge in [-0.25, -0.2) is 16.8 Å². The first-order valence-electron chi connectivity index (χ1n) is 1.50. The Balaban J connectivity index is 0. The number of hydrogen-bond donors (Lipinski definition) is 0. The molecule has 11 heavy (non-hydrogen) atoms. The van der Waals surface area contributed by atoms with Crippen LogP contribution >= 0.6 is 0 Å². The maximum absolute atomic E-state index is 9.37. The van der Waals surface area contributed by atoms with Gasteiger partial charge in [-0.2, -0.15) is 0 Å². The van der Waals surface area contributed by atoms with Crippen LogP contribution in [0.5, 0.6) is 0 Å². The molecule has 0 fully saturated rings. The topological polar surface area (TPSA) is 133 Å². The van der Waals surface area contributed by atoms with Crippen molar-refractivity contribution in [3.63, 3.8) is 0 Å². The van der Waals surface area contributed by atoms with Gasteiger partial charge in [0.2, 0.25) is 20.8 Å². The third kappa shape index (κ3) is 13.3. The summed E-state index contributed by atoms with van der Waals surface area (Å²) in [4.78, 5) is 0. The van der Waals surface area contributed by atoms with Gasteiger partial charge in [0.15, 0.2) is 0 Å². The smallest absolute Gasteiger partial charge is 0.724 e. The van der Waals surface area contributed by atoms with Crippen LogP contribution in [0.4, 0.5) is 0 Å². The monoisotopic (exact) mass is 250 g/mol. The van der Waals surface area contributed by atoms with E-state index in [1.807, 2.05) is 0 Å². The van der Waals surface area contributed by atoms with Crippen LogP contribution in [0, 0.1) is 0 Å². The second-order valence-electron chi connectivity index (χ2n) is 0.953. The molecule has 0 aliphatic heterocycles. The van der Waals surface area contributed by atoms with Crippen LogP contribution in [0.1, 0.15) is 0 Å². The summed E-state index contributed by atoms with van der Waals surface area (Å²) in [6.07, 6.45) is 0. The van der Waals surface area contributed by atoms with Crippen LogP contribution in [-0.4, -0.2) is 25.9 Å². The van der Waals surface area contributed by atoms with E-state index in [2.05, 4.69) is 8.67 Å². The molecule has 0 bridgehead atoms. The first-order chi connectivity index (χ1) is 4.21. The van der Waals surface area contributed by atoms with Crippen molar-refractivity contribution in [3.8, 4) is 0 Å². The average molecular weight is 251 g/mol. The van der Waals surface area contributed by atoms with E-state index in [0.717, 1.165) is 0 Å². The zero-order chi connectivity index (χ0) is 8.41. The zero-order valence-corrected chi connectivity index (χ0v) is 7.02. The van der Waals surface area contributed by atoms with Crippen molar-refractivity contribution in [1.29, 1.82) is 0 Å². The first kappa shape index (κ1) is 13.8. The molecule has 0 atom stereocenters. The molecule has 0 saturated carbocycles. The van der Waals surface area contributed by atoms with Crippen molar-refractivity contribution in [2.24, 2.45) is 0 Å². The molecule has 0 unspecified atom stereocenters. The summed E-state index contributed by atoms with van der Waals surface area (Å²) < 4.78 is 61.5. The van der Waals surface area contributed by atoms with Gasteiger partial charge in [0.1, 0.15) is 0 Å². The molecule has 0 amide bonds. The summed E-state index contributed by atoms with van der Waals surface area (Å²) in [5.41, 5.74) is 0. The van der Waals surface area contributed by atoms with E-state index in [4.69, 9.17) is 0 Å². The van der Waals surface area contributed by atoms with Crippen molar-refractivity contribution < 1.29 is 51.1 Å². The standard InChI is InChI=1S/Ni.H2O8S2/c;1-9(2,3)7-8-10(4,5)6/h;(H,1,2,3)(H,4,5,6)/q+2;/p-2. The quantitative estimate of drug-likeness (QED) is 0.182. The van der Waals surface area contributed by atoms with Gasteiger partial charge in [-0.15, -0.1) is 8.67 Å². The summed E-state index contributed by atoms with van der Waals surface area (Å²) in [5.74, 6) is 0. The van der Waals surface area contributed by atoms with Crippen molar-refractivity contribution in [2.45, 2.75) is 0 Å². The molecule has 0 aromatic heterocycles.